The lowest BCUT2D eigenvalue weighted by Crippen LogP contribution is -2.38. The van der Waals surface area contributed by atoms with E-state index in [2.05, 4.69) is 16.0 Å². The number of para-hydroxylation sites is 1. The van der Waals surface area contributed by atoms with Crippen molar-refractivity contribution in [3.05, 3.63) is 54.1 Å². The topological polar surface area (TPSA) is 53.2 Å². The van der Waals surface area contributed by atoms with Gasteiger partial charge >= 0.3 is 6.03 Å². The summed E-state index contributed by atoms with van der Waals surface area (Å²) in [6.45, 7) is 0. The van der Waals surface area contributed by atoms with E-state index in [4.69, 9.17) is 0 Å². The number of hydrogen-bond donors (Lipinski definition) is 3. The van der Waals surface area contributed by atoms with Crippen LogP contribution in [0.2, 0.25) is 0 Å². The van der Waals surface area contributed by atoms with Gasteiger partial charge in [-0.1, -0.05) is 25.3 Å². The molecule has 0 saturated heterocycles. The first-order valence-corrected chi connectivity index (χ1v) is 8.50. The maximum Gasteiger partial charge on any atom is 0.319 e. The van der Waals surface area contributed by atoms with Crippen molar-refractivity contribution in [3.8, 4) is 0 Å². The summed E-state index contributed by atoms with van der Waals surface area (Å²) in [6, 6.07) is 10.4. The number of benzene rings is 2. The maximum absolute atomic E-state index is 13.6. The third kappa shape index (κ3) is 4.68. The number of amides is 2. The second-order valence-corrected chi connectivity index (χ2v) is 6.23. The quantitative estimate of drug-likeness (QED) is 0.717. The molecule has 132 valence electrons. The molecule has 0 radical (unpaired) electrons. The van der Waals surface area contributed by atoms with E-state index in [-0.39, 0.29) is 17.8 Å². The lowest BCUT2D eigenvalue weighted by Gasteiger charge is -2.22. The molecule has 0 aliphatic heterocycles. The minimum Gasteiger partial charge on any atom is -0.351 e. The van der Waals surface area contributed by atoms with E-state index in [0.29, 0.717) is 11.4 Å². The molecule has 6 heteroatoms. The molecule has 1 fully saturated rings. The Balaban J connectivity index is 1.57. The van der Waals surface area contributed by atoms with Gasteiger partial charge in [-0.25, -0.2) is 13.6 Å². The molecular formula is C19H21F2N3O. The van der Waals surface area contributed by atoms with Crippen LogP contribution in [0.4, 0.5) is 30.6 Å². The van der Waals surface area contributed by atoms with E-state index in [0.717, 1.165) is 25.7 Å². The fourth-order valence-corrected chi connectivity index (χ4v) is 3.00. The Hall–Kier alpha value is -2.63. The van der Waals surface area contributed by atoms with Gasteiger partial charge in [0.15, 0.2) is 0 Å². The number of hydrogen-bond acceptors (Lipinski definition) is 2. The van der Waals surface area contributed by atoms with Gasteiger partial charge in [-0.05, 0) is 49.2 Å². The fourth-order valence-electron chi connectivity index (χ4n) is 3.00. The molecule has 0 unspecified atom stereocenters. The average molecular weight is 345 g/mol. The van der Waals surface area contributed by atoms with E-state index in [1.54, 1.807) is 24.3 Å². The summed E-state index contributed by atoms with van der Waals surface area (Å²) in [5.74, 6) is -1.32. The first kappa shape index (κ1) is 17.2. The van der Waals surface area contributed by atoms with Crippen molar-refractivity contribution in [1.82, 2.24) is 5.32 Å². The highest BCUT2D eigenvalue weighted by Crippen LogP contribution is 2.24. The highest BCUT2D eigenvalue weighted by molar-refractivity contribution is 5.89. The lowest BCUT2D eigenvalue weighted by molar-refractivity contribution is 0.244. The van der Waals surface area contributed by atoms with Crippen LogP contribution in [0.15, 0.2) is 42.5 Å². The van der Waals surface area contributed by atoms with Crippen LogP contribution in [0.1, 0.15) is 32.1 Å². The van der Waals surface area contributed by atoms with Gasteiger partial charge in [-0.2, -0.15) is 0 Å². The predicted octanol–water partition coefficient (Wildman–Crippen LogP) is 5.16. The van der Waals surface area contributed by atoms with Crippen molar-refractivity contribution >= 4 is 23.1 Å². The molecule has 1 saturated carbocycles. The van der Waals surface area contributed by atoms with E-state index in [9.17, 15) is 13.6 Å². The number of halogens is 2. The molecule has 1 aliphatic carbocycles. The second-order valence-electron chi connectivity index (χ2n) is 6.23. The zero-order valence-electron chi connectivity index (χ0n) is 13.8. The normalized spacial score (nSPS) is 14.8. The SMILES string of the molecule is O=C(Nc1ccc(Nc2c(F)cccc2F)cc1)NC1CCCCC1. The van der Waals surface area contributed by atoms with Gasteiger partial charge in [-0.3, -0.25) is 0 Å². The maximum atomic E-state index is 13.6. The van der Waals surface area contributed by atoms with E-state index < -0.39 is 11.6 Å². The second kappa shape index (κ2) is 7.96. The van der Waals surface area contributed by atoms with E-state index in [1.165, 1.54) is 24.6 Å². The zero-order valence-corrected chi connectivity index (χ0v) is 13.8. The first-order chi connectivity index (χ1) is 12.1. The molecule has 3 rings (SSSR count). The van der Waals surface area contributed by atoms with Gasteiger partial charge < -0.3 is 16.0 Å². The van der Waals surface area contributed by atoms with Crippen molar-refractivity contribution in [2.24, 2.45) is 0 Å². The number of urea groups is 1. The zero-order chi connectivity index (χ0) is 17.6. The number of carbonyl (C=O) groups excluding carboxylic acids is 1. The van der Waals surface area contributed by atoms with Crippen molar-refractivity contribution in [1.29, 1.82) is 0 Å². The van der Waals surface area contributed by atoms with Gasteiger partial charge in [-0.15, -0.1) is 0 Å². The Bertz CT molecular complexity index is 708. The minimum absolute atomic E-state index is 0.196. The number of carbonyl (C=O) groups is 1. The van der Waals surface area contributed by atoms with Crippen molar-refractivity contribution in [2.45, 2.75) is 38.1 Å². The van der Waals surface area contributed by atoms with E-state index in [1.807, 2.05) is 0 Å². The smallest absolute Gasteiger partial charge is 0.319 e. The molecule has 4 nitrogen and oxygen atoms in total. The predicted molar refractivity (Wildman–Crippen MR) is 95.1 cm³/mol. The number of anilines is 3. The molecule has 0 heterocycles. The molecule has 1 aliphatic rings. The molecule has 0 bridgehead atoms. The third-order valence-electron chi connectivity index (χ3n) is 4.32. The van der Waals surface area contributed by atoms with Crippen LogP contribution in [0.25, 0.3) is 0 Å². The molecular weight excluding hydrogens is 324 g/mol. The van der Waals surface area contributed by atoms with Gasteiger partial charge in [0.25, 0.3) is 0 Å². The van der Waals surface area contributed by atoms with Crippen LogP contribution in [0, 0.1) is 11.6 Å². The molecule has 2 aromatic rings. The first-order valence-electron chi connectivity index (χ1n) is 8.50. The molecule has 2 amide bonds. The monoisotopic (exact) mass is 345 g/mol. The number of rotatable bonds is 4. The molecule has 0 atom stereocenters. The van der Waals surface area contributed by atoms with E-state index >= 15 is 0 Å². The summed E-state index contributed by atoms with van der Waals surface area (Å²) in [5.41, 5.74) is 0.952. The third-order valence-corrected chi connectivity index (χ3v) is 4.32. The minimum atomic E-state index is -0.658. The van der Waals surface area contributed by atoms with Crippen LogP contribution in [-0.2, 0) is 0 Å². The fraction of sp³-hybridized carbons (Fsp3) is 0.316. The average Bonchev–Trinajstić information content (AvgIpc) is 2.60. The molecule has 0 spiro atoms. The summed E-state index contributed by atoms with van der Waals surface area (Å²) in [4.78, 5) is 12.0. The summed E-state index contributed by atoms with van der Waals surface area (Å²) >= 11 is 0. The Morgan fingerprint density at radius 2 is 1.48 bits per heavy atom. The molecule has 25 heavy (non-hydrogen) atoms. The van der Waals surface area contributed by atoms with Crippen LogP contribution in [-0.4, -0.2) is 12.1 Å². The molecule has 3 N–H and O–H groups in total. The molecule has 2 aromatic carbocycles. The standard InChI is InChI=1S/C19H21F2N3O/c20-16-7-4-8-17(21)18(16)22-14-9-11-15(12-10-14)24-19(25)23-13-5-2-1-3-6-13/h4,7-13,22H,1-3,5-6H2,(H2,23,24,25). The Morgan fingerprint density at radius 1 is 0.880 bits per heavy atom. The van der Waals surface area contributed by atoms with Crippen LogP contribution >= 0.6 is 0 Å². The largest absolute Gasteiger partial charge is 0.351 e. The highest BCUT2D eigenvalue weighted by atomic mass is 19.1. The summed E-state index contributed by atoms with van der Waals surface area (Å²) in [5, 5.41) is 8.46. The van der Waals surface area contributed by atoms with Gasteiger partial charge in [0.1, 0.15) is 17.3 Å². The molecule has 0 aromatic heterocycles. The van der Waals surface area contributed by atoms with Crippen molar-refractivity contribution in [2.75, 3.05) is 10.6 Å². The summed E-state index contributed by atoms with van der Waals surface area (Å²) < 4.78 is 27.3. The Morgan fingerprint density at radius 3 is 2.12 bits per heavy atom. The van der Waals surface area contributed by atoms with Crippen molar-refractivity contribution in [3.63, 3.8) is 0 Å². The van der Waals surface area contributed by atoms with Gasteiger partial charge in [0.05, 0.1) is 0 Å². The summed E-state index contributed by atoms with van der Waals surface area (Å²) in [7, 11) is 0. The van der Waals surface area contributed by atoms with Gasteiger partial charge in [0, 0.05) is 17.4 Å². The highest BCUT2D eigenvalue weighted by Gasteiger charge is 2.15. The number of nitrogens with one attached hydrogen (secondary N) is 3. The Labute approximate surface area is 145 Å². The van der Waals surface area contributed by atoms with Gasteiger partial charge in [0.2, 0.25) is 0 Å². The van der Waals surface area contributed by atoms with Crippen LogP contribution in [0.5, 0.6) is 0 Å². The van der Waals surface area contributed by atoms with Crippen LogP contribution in [0.3, 0.4) is 0 Å². The Kier molecular flexibility index (Phi) is 5.48. The lowest BCUT2D eigenvalue weighted by atomic mass is 9.96. The van der Waals surface area contributed by atoms with Crippen molar-refractivity contribution < 1.29 is 13.6 Å². The van der Waals surface area contributed by atoms with Crippen LogP contribution < -0.4 is 16.0 Å². The summed E-state index contributed by atoms with van der Waals surface area (Å²) in [6.07, 6.45) is 5.57.